The number of sulfone groups is 1. The molecule has 1 N–H and O–H groups in total. The smallest absolute Gasteiger partial charge is 0.227 e. The number of hydrogen-bond acceptors (Lipinski definition) is 4. The summed E-state index contributed by atoms with van der Waals surface area (Å²) < 4.78 is 28.9. The number of anilines is 1. The molecule has 5 nitrogen and oxygen atoms in total. The number of carbonyl (C=O) groups is 1. The molecule has 0 saturated heterocycles. The van der Waals surface area contributed by atoms with Gasteiger partial charge in [0.2, 0.25) is 5.91 Å². The summed E-state index contributed by atoms with van der Waals surface area (Å²) in [7, 11) is -3.32. The Morgan fingerprint density at radius 3 is 2.28 bits per heavy atom. The minimum atomic E-state index is -3.32. The molecule has 0 heterocycles. The van der Waals surface area contributed by atoms with E-state index in [0.29, 0.717) is 5.69 Å². The first kappa shape index (κ1) is 19.0. The van der Waals surface area contributed by atoms with Gasteiger partial charge in [0.15, 0.2) is 9.84 Å². The molecular weight excluding hydrogens is 338 g/mol. The first-order valence-corrected chi connectivity index (χ1v) is 9.86. The molecule has 0 unspecified atom stereocenters. The van der Waals surface area contributed by atoms with Crippen molar-refractivity contribution in [1.82, 2.24) is 0 Å². The lowest BCUT2D eigenvalue weighted by molar-refractivity contribution is -0.116. The van der Waals surface area contributed by atoms with E-state index in [0.717, 1.165) is 28.7 Å². The minimum absolute atomic E-state index is 0.176. The minimum Gasteiger partial charge on any atom is -0.493 e. The molecule has 6 heteroatoms. The molecule has 0 aliphatic carbocycles. The standard InChI is InChI=1S/C19H23NO4S/c1-13-9-14(2)11-16(10-13)24-8-7-19(21)20-18-12-17(25(4,22)23)6-5-15(18)3/h5-6,9-12H,7-8H2,1-4H3,(H,20,21). The fraction of sp³-hybridized carbons (Fsp3) is 0.316. The van der Waals surface area contributed by atoms with Crippen molar-refractivity contribution < 1.29 is 17.9 Å². The highest BCUT2D eigenvalue weighted by atomic mass is 32.2. The quantitative estimate of drug-likeness (QED) is 0.856. The molecule has 0 aliphatic rings. The third-order valence-corrected chi connectivity index (χ3v) is 4.81. The third-order valence-electron chi connectivity index (χ3n) is 3.70. The van der Waals surface area contributed by atoms with E-state index in [9.17, 15) is 13.2 Å². The molecular formula is C19H23NO4S. The first-order valence-electron chi connectivity index (χ1n) is 7.97. The maximum absolute atomic E-state index is 12.1. The highest BCUT2D eigenvalue weighted by Gasteiger charge is 2.11. The molecule has 0 aromatic heterocycles. The Morgan fingerprint density at radius 1 is 1.04 bits per heavy atom. The van der Waals surface area contributed by atoms with Crippen LogP contribution < -0.4 is 10.1 Å². The Kier molecular flexibility index (Phi) is 5.85. The van der Waals surface area contributed by atoms with Crippen LogP contribution in [0.4, 0.5) is 5.69 Å². The van der Waals surface area contributed by atoms with Gasteiger partial charge in [0.1, 0.15) is 5.75 Å². The van der Waals surface area contributed by atoms with Crippen LogP contribution in [0, 0.1) is 20.8 Å². The van der Waals surface area contributed by atoms with Crippen LogP contribution in [0.15, 0.2) is 41.3 Å². The van der Waals surface area contributed by atoms with Crippen molar-refractivity contribution >= 4 is 21.4 Å². The van der Waals surface area contributed by atoms with Crippen molar-refractivity contribution in [3.8, 4) is 5.75 Å². The first-order chi connectivity index (χ1) is 11.6. The zero-order valence-corrected chi connectivity index (χ0v) is 15.7. The Bertz CT molecular complexity index is 868. The monoisotopic (exact) mass is 361 g/mol. The van der Waals surface area contributed by atoms with E-state index >= 15 is 0 Å². The van der Waals surface area contributed by atoms with Crippen LogP contribution in [0.2, 0.25) is 0 Å². The highest BCUT2D eigenvalue weighted by molar-refractivity contribution is 7.90. The number of nitrogens with one attached hydrogen (secondary N) is 1. The normalized spacial score (nSPS) is 11.2. The van der Waals surface area contributed by atoms with Crippen LogP contribution in [0.3, 0.4) is 0 Å². The second kappa shape index (κ2) is 7.70. The van der Waals surface area contributed by atoms with Crippen LogP contribution in [-0.2, 0) is 14.6 Å². The second-order valence-electron chi connectivity index (χ2n) is 6.22. The predicted molar refractivity (Wildman–Crippen MR) is 98.9 cm³/mol. The zero-order chi connectivity index (χ0) is 18.6. The number of amides is 1. The van der Waals surface area contributed by atoms with Gasteiger partial charge >= 0.3 is 0 Å². The summed E-state index contributed by atoms with van der Waals surface area (Å²) in [5.74, 6) is 0.513. The Morgan fingerprint density at radius 2 is 1.68 bits per heavy atom. The van der Waals surface area contributed by atoms with Crippen molar-refractivity contribution in [1.29, 1.82) is 0 Å². The van der Waals surface area contributed by atoms with Gasteiger partial charge in [0.25, 0.3) is 0 Å². The van der Waals surface area contributed by atoms with Crippen molar-refractivity contribution in [2.45, 2.75) is 32.1 Å². The maximum atomic E-state index is 12.1. The van der Waals surface area contributed by atoms with Crippen molar-refractivity contribution in [2.75, 3.05) is 18.2 Å². The lowest BCUT2D eigenvalue weighted by atomic mass is 10.1. The highest BCUT2D eigenvalue weighted by Crippen LogP contribution is 2.21. The van der Waals surface area contributed by atoms with Gasteiger partial charge in [0.05, 0.1) is 17.9 Å². The second-order valence-corrected chi connectivity index (χ2v) is 8.23. The van der Waals surface area contributed by atoms with Gasteiger partial charge in [-0.1, -0.05) is 12.1 Å². The third kappa shape index (κ3) is 5.60. The number of aryl methyl sites for hydroxylation is 3. The van der Waals surface area contributed by atoms with E-state index in [2.05, 4.69) is 11.4 Å². The van der Waals surface area contributed by atoms with Crippen LogP contribution in [0.5, 0.6) is 5.75 Å². The van der Waals surface area contributed by atoms with Gasteiger partial charge in [-0.2, -0.15) is 0 Å². The van der Waals surface area contributed by atoms with Gasteiger partial charge < -0.3 is 10.1 Å². The molecule has 1 amide bonds. The largest absolute Gasteiger partial charge is 0.493 e. The average molecular weight is 361 g/mol. The summed E-state index contributed by atoms with van der Waals surface area (Å²) in [5, 5.41) is 2.75. The molecule has 134 valence electrons. The van der Waals surface area contributed by atoms with Gasteiger partial charge in [-0.05, 0) is 61.7 Å². The Balaban J connectivity index is 1.96. The Hall–Kier alpha value is -2.34. The molecule has 0 radical (unpaired) electrons. The van der Waals surface area contributed by atoms with Crippen LogP contribution in [0.25, 0.3) is 0 Å². The van der Waals surface area contributed by atoms with Gasteiger partial charge in [-0.15, -0.1) is 0 Å². The summed E-state index contributed by atoms with van der Waals surface area (Å²) in [6, 6.07) is 10.6. The summed E-state index contributed by atoms with van der Waals surface area (Å²) >= 11 is 0. The Labute approximate surface area is 148 Å². The summed E-state index contributed by atoms with van der Waals surface area (Å²) in [4.78, 5) is 12.3. The molecule has 2 aromatic rings. The number of rotatable bonds is 6. The van der Waals surface area contributed by atoms with Crippen molar-refractivity contribution in [3.05, 3.63) is 53.1 Å². The predicted octanol–water partition coefficient (Wildman–Crippen LogP) is 3.42. The zero-order valence-electron chi connectivity index (χ0n) is 14.9. The number of hydrogen-bond donors (Lipinski definition) is 1. The molecule has 25 heavy (non-hydrogen) atoms. The summed E-state index contributed by atoms with van der Waals surface area (Å²) in [5.41, 5.74) is 3.51. The molecule has 2 aromatic carbocycles. The van der Waals surface area contributed by atoms with E-state index in [-0.39, 0.29) is 23.8 Å². The molecule has 0 atom stereocenters. The molecule has 0 fully saturated rings. The van der Waals surface area contributed by atoms with Gasteiger partial charge in [-0.25, -0.2) is 8.42 Å². The number of carbonyl (C=O) groups excluding carboxylic acids is 1. The summed E-state index contributed by atoms with van der Waals surface area (Å²) in [6.45, 7) is 6.04. The van der Waals surface area contributed by atoms with E-state index in [1.165, 1.54) is 12.1 Å². The van der Waals surface area contributed by atoms with Crippen molar-refractivity contribution in [3.63, 3.8) is 0 Å². The average Bonchev–Trinajstić information content (AvgIpc) is 2.47. The van der Waals surface area contributed by atoms with E-state index < -0.39 is 9.84 Å². The van der Waals surface area contributed by atoms with Gasteiger partial charge in [-0.3, -0.25) is 4.79 Å². The SMILES string of the molecule is Cc1cc(C)cc(OCCC(=O)Nc2cc(S(C)(=O)=O)ccc2C)c1. The lowest BCUT2D eigenvalue weighted by Crippen LogP contribution is -2.16. The van der Waals surface area contributed by atoms with Crippen molar-refractivity contribution in [2.24, 2.45) is 0 Å². The molecule has 2 rings (SSSR count). The van der Waals surface area contributed by atoms with Crippen LogP contribution >= 0.6 is 0 Å². The fourth-order valence-corrected chi connectivity index (χ4v) is 3.10. The van der Waals surface area contributed by atoms with Crippen LogP contribution in [0.1, 0.15) is 23.1 Å². The number of ether oxygens (including phenoxy) is 1. The van der Waals surface area contributed by atoms with E-state index in [1.54, 1.807) is 6.07 Å². The lowest BCUT2D eigenvalue weighted by Gasteiger charge is -2.11. The van der Waals surface area contributed by atoms with E-state index in [4.69, 9.17) is 4.74 Å². The molecule has 0 bridgehead atoms. The fourth-order valence-electron chi connectivity index (χ4n) is 2.46. The molecule has 0 aliphatic heterocycles. The van der Waals surface area contributed by atoms with Gasteiger partial charge in [0, 0.05) is 11.9 Å². The maximum Gasteiger partial charge on any atom is 0.227 e. The molecule has 0 saturated carbocycles. The topological polar surface area (TPSA) is 72.5 Å². The van der Waals surface area contributed by atoms with Crippen LogP contribution in [-0.4, -0.2) is 27.2 Å². The van der Waals surface area contributed by atoms with E-state index in [1.807, 2.05) is 32.9 Å². The molecule has 0 spiro atoms. The number of benzene rings is 2. The summed E-state index contributed by atoms with van der Waals surface area (Å²) in [6.07, 6.45) is 1.32.